The van der Waals surface area contributed by atoms with Crippen molar-refractivity contribution in [2.45, 2.75) is 25.4 Å². The van der Waals surface area contributed by atoms with Crippen LogP contribution in [0.4, 0.5) is 5.69 Å². The van der Waals surface area contributed by atoms with Gasteiger partial charge in [0.25, 0.3) is 0 Å². The van der Waals surface area contributed by atoms with Crippen LogP contribution in [0, 0.1) is 0 Å². The number of fused-ring (bicyclic) bond motifs is 1. The second-order valence-corrected chi connectivity index (χ2v) is 6.27. The Hall–Kier alpha value is -1.65. The lowest BCUT2D eigenvalue weighted by atomic mass is 10.0. The molecule has 1 aliphatic heterocycles. The first-order valence-corrected chi connectivity index (χ1v) is 7.69. The quantitative estimate of drug-likeness (QED) is 0.849. The zero-order chi connectivity index (χ0) is 14.9. The summed E-state index contributed by atoms with van der Waals surface area (Å²) >= 11 is 5.14. The van der Waals surface area contributed by atoms with Gasteiger partial charge >= 0.3 is 0 Å². The molecule has 110 valence electrons. The number of rotatable bonds is 4. The Balaban J connectivity index is 1.92. The molecule has 3 nitrogen and oxygen atoms in total. The zero-order valence-corrected chi connectivity index (χ0v) is 13.0. The van der Waals surface area contributed by atoms with Crippen LogP contribution in [0.1, 0.15) is 25.3 Å². The lowest BCUT2D eigenvalue weighted by molar-refractivity contribution is 0.0315. The molecule has 1 fully saturated rings. The molecule has 0 radical (unpaired) electrons. The van der Waals surface area contributed by atoms with Gasteiger partial charge in [0.05, 0.1) is 5.60 Å². The van der Waals surface area contributed by atoms with Gasteiger partial charge in [-0.15, -0.1) is 0 Å². The van der Waals surface area contributed by atoms with E-state index in [0.717, 1.165) is 48.0 Å². The van der Waals surface area contributed by atoms with Crippen molar-refractivity contribution in [1.82, 2.24) is 0 Å². The highest BCUT2D eigenvalue weighted by Gasteiger charge is 2.29. The van der Waals surface area contributed by atoms with Crippen molar-refractivity contribution in [2.75, 3.05) is 18.5 Å². The van der Waals surface area contributed by atoms with Crippen LogP contribution in [0.3, 0.4) is 0 Å². The first kappa shape index (κ1) is 14.3. The molecule has 0 saturated carbocycles. The average molecular weight is 300 g/mol. The molecule has 1 aliphatic rings. The maximum Gasteiger partial charge on any atom is 0.104 e. The Labute approximate surface area is 130 Å². The molecule has 21 heavy (non-hydrogen) atoms. The van der Waals surface area contributed by atoms with Gasteiger partial charge in [0.1, 0.15) is 4.99 Å². The summed E-state index contributed by atoms with van der Waals surface area (Å²) < 4.78 is 5.83. The number of nitrogens with one attached hydrogen (secondary N) is 1. The van der Waals surface area contributed by atoms with Gasteiger partial charge in [0.2, 0.25) is 0 Å². The molecule has 4 heteroatoms. The van der Waals surface area contributed by atoms with Crippen molar-refractivity contribution < 1.29 is 4.74 Å². The van der Waals surface area contributed by atoms with Crippen LogP contribution >= 0.6 is 12.2 Å². The minimum Gasteiger partial charge on any atom is -0.389 e. The van der Waals surface area contributed by atoms with Crippen molar-refractivity contribution in [3.63, 3.8) is 0 Å². The molecule has 2 aromatic carbocycles. The van der Waals surface area contributed by atoms with Crippen LogP contribution in [0.15, 0.2) is 36.4 Å². The zero-order valence-electron chi connectivity index (χ0n) is 12.2. The van der Waals surface area contributed by atoms with Crippen LogP contribution in [0.2, 0.25) is 0 Å². The predicted molar refractivity (Wildman–Crippen MR) is 91.9 cm³/mol. The van der Waals surface area contributed by atoms with Crippen LogP contribution < -0.4 is 11.1 Å². The highest BCUT2D eigenvalue weighted by Crippen LogP contribution is 2.29. The number of hydrogen-bond acceptors (Lipinski definition) is 3. The summed E-state index contributed by atoms with van der Waals surface area (Å²) in [7, 11) is 0. The second-order valence-electron chi connectivity index (χ2n) is 5.83. The Kier molecular flexibility index (Phi) is 3.83. The van der Waals surface area contributed by atoms with Gasteiger partial charge < -0.3 is 15.8 Å². The van der Waals surface area contributed by atoms with Gasteiger partial charge in [-0.1, -0.05) is 36.5 Å². The molecule has 1 saturated heterocycles. The molecule has 0 amide bonds. The molecule has 1 heterocycles. The molecule has 0 aliphatic carbocycles. The topological polar surface area (TPSA) is 47.3 Å². The predicted octanol–water partition coefficient (Wildman–Crippen LogP) is 3.46. The van der Waals surface area contributed by atoms with E-state index in [1.165, 1.54) is 0 Å². The van der Waals surface area contributed by atoms with E-state index in [0.29, 0.717) is 4.99 Å². The van der Waals surface area contributed by atoms with Gasteiger partial charge in [-0.05, 0) is 37.3 Å². The fourth-order valence-corrected chi connectivity index (χ4v) is 3.10. The Bertz CT molecular complexity index is 678. The highest BCUT2D eigenvalue weighted by atomic mass is 32.1. The first-order valence-electron chi connectivity index (χ1n) is 7.28. The molecule has 1 atom stereocenters. The summed E-state index contributed by atoms with van der Waals surface area (Å²) in [4.78, 5) is 0.434. The summed E-state index contributed by atoms with van der Waals surface area (Å²) in [5, 5.41) is 5.76. The molecular formula is C17H20N2OS. The smallest absolute Gasteiger partial charge is 0.104 e. The van der Waals surface area contributed by atoms with E-state index >= 15 is 0 Å². The van der Waals surface area contributed by atoms with Crippen molar-refractivity contribution in [2.24, 2.45) is 5.73 Å². The average Bonchev–Trinajstić information content (AvgIpc) is 2.91. The lowest BCUT2D eigenvalue weighted by Crippen LogP contribution is -2.32. The summed E-state index contributed by atoms with van der Waals surface area (Å²) in [5.74, 6) is 0. The minimum atomic E-state index is -0.0665. The fraction of sp³-hybridized carbons (Fsp3) is 0.353. The van der Waals surface area contributed by atoms with Gasteiger partial charge in [-0.3, -0.25) is 0 Å². The van der Waals surface area contributed by atoms with Crippen LogP contribution in [0.5, 0.6) is 0 Å². The third-order valence-corrected chi connectivity index (χ3v) is 4.36. The Morgan fingerprint density at radius 1 is 1.29 bits per heavy atom. The lowest BCUT2D eigenvalue weighted by Gasteiger charge is -2.24. The molecule has 0 aromatic heterocycles. The molecule has 3 N–H and O–H groups in total. The van der Waals surface area contributed by atoms with Gasteiger partial charge in [0.15, 0.2) is 0 Å². The first-order chi connectivity index (χ1) is 10.1. The second kappa shape index (κ2) is 5.62. The SMILES string of the molecule is CC1(CNc2ccc(C(N)=S)c3ccccc23)CCCO1. The highest BCUT2D eigenvalue weighted by molar-refractivity contribution is 7.80. The van der Waals surface area contributed by atoms with Crippen molar-refractivity contribution in [1.29, 1.82) is 0 Å². The number of thiocarbonyl (C=S) groups is 1. The normalized spacial score (nSPS) is 21.6. The molecule has 0 bridgehead atoms. The van der Waals surface area contributed by atoms with E-state index in [-0.39, 0.29) is 5.60 Å². The molecular weight excluding hydrogens is 280 g/mol. The largest absolute Gasteiger partial charge is 0.389 e. The summed E-state index contributed by atoms with van der Waals surface area (Å²) in [5.41, 5.74) is 7.77. The van der Waals surface area contributed by atoms with Gasteiger partial charge in [-0.25, -0.2) is 0 Å². The van der Waals surface area contributed by atoms with Gasteiger partial charge in [0, 0.05) is 29.8 Å². The van der Waals surface area contributed by atoms with E-state index in [2.05, 4.69) is 30.4 Å². The maximum atomic E-state index is 5.83. The molecule has 3 rings (SSSR count). The standard InChI is InChI=1S/C17H20N2OS/c1-17(9-4-10-20-17)11-19-15-8-7-14(16(18)21)12-5-2-3-6-13(12)15/h2-3,5-8,19H,4,9-11H2,1H3,(H2,18,21). The number of benzene rings is 2. The van der Waals surface area contributed by atoms with Crippen molar-refractivity contribution in [3.8, 4) is 0 Å². The van der Waals surface area contributed by atoms with E-state index in [1.54, 1.807) is 0 Å². The third-order valence-electron chi connectivity index (χ3n) is 4.14. The summed E-state index contributed by atoms with van der Waals surface area (Å²) in [6, 6.07) is 12.2. The number of anilines is 1. The monoisotopic (exact) mass is 300 g/mol. The summed E-state index contributed by atoms with van der Waals surface area (Å²) in [6.45, 7) is 3.83. The van der Waals surface area contributed by atoms with Crippen molar-refractivity contribution >= 4 is 33.7 Å². The van der Waals surface area contributed by atoms with Crippen LogP contribution in [0.25, 0.3) is 10.8 Å². The number of nitrogens with two attached hydrogens (primary N) is 1. The molecule has 2 aromatic rings. The summed E-state index contributed by atoms with van der Waals surface area (Å²) in [6.07, 6.45) is 2.24. The maximum absolute atomic E-state index is 5.83. The van der Waals surface area contributed by atoms with E-state index in [4.69, 9.17) is 22.7 Å². The van der Waals surface area contributed by atoms with E-state index in [1.807, 2.05) is 18.2 Å². The minimum absolute atomic E-state index is 0.0665. The van der Waals surface area contributed by atoms with Crippen molar-refractivity contribution in [3.05, 3.63) is 42.0 Å². The fourth-order valence-electron chi connectivity index (χ4n) is 2.93. The number of hydrogen-bond donors (Lipinski definition) is 2. The Morgan fingerprint density at radius 3 is 2.71 bits per heavy atom. The molecule has 1 unspecified atom stereocenters. The van der Waals surface area contributed by atoms with Crippen LogP contribution in [-0.2, 0) is 4.74 Å². The Morgan fingerprint density at radius 2 is 2.05 bits per heavy atom. The molecule has 0 spiro atoms. The number of ether oxygens (including phenoxy) is 1. The van der Waals surface area contributed by atoms with Gasteiger partial charge in [-0.2, -0.15) is 0 Å². The van der Waals surface area contributed by atoms with Crippen LogP contribution in [-0.4, -0.2) is 23.7 Å². The van der Waals surface area contributed by atoms with E-state index < -0.39 is 0 Å². The third kappa shape index (κ3) is 2.87. The van der Waals surface area contributed by atoms with E-state index in [9.17, 15) is 0 Å².